The predicted molar refractivity (Wildman–Crippen MR) is 132 cm³/mol. The van der Waals surface area contributed by atoms with E-state index in [2.05, 4.69) is 16.0 Å². The number of hydrogen-bond donors (Lipinski definition) is 9. The molecule has 3 amide bonds. The number of carbonyl (C=O) groups excluding carboxylic acids is 3. The van der Waals surface area contributed by atoms with Gasteiger partial charge < -0.3 is 47.2 Å². The molecule has 13 heteroatoms. The van der Waals surface area contributed by atoms with E-state index in [1.165, 1.54) is 6.92 Å². The molecule has 7 atom stereocenters. The summed E-state index contributed by atoms with van der Waals surface area (Å²) in [6.07, 6.45) is -6.35. The lowest BCUT2D eigenvalue weighted by Gasteiger charge is -2.30. The van der Waals surface area contributed by atoms with Crippen LogP contribution in [0, 0.1) is 5.92 Å². The molecule has 0 aliphatic carbocycles. The second-order valence-electron chi connectivity index (χ2n) is 9.26. The van der Waals surface area contributed by atoms with Crippen molar-refractivity contribution in [3.8, 4) is 0 Å². The molecule has 0 aliphatic heterocycles. The molecule has 0 bridgehead atoms. The van der Waals surface area contributed by atoms with Crippen LogP contribution in [0.3, 0.4) is 0 Å². The van der Waals surface area contributed by atoms with Crippen LogP contribution in [0.25, 0.3) is 0 Å². The molecule has 1 rings (SSSR count). The topological polar surface area (TPSA) is 232 Å². The Bertz CT molecular complexity index is 899. The summed E-state index contributed by atoms with van der Waals surface area (Å²) in [6.45, 7) is 4.15. The highest BCUT2D eigenvalue weighted by atomic mass is 16.4. The van der Waals surface area contributed by atoms with Gasteiger partial charge in [0.15, 0.2) is 6.10 Å². The first-order valence-corrected chi connectivity index (χ1v) is 11.9. The van der Waals surface area contributed by atoms with Crippen LogP contribution in [-0.2, 0) is 19.2 Å². The van der Waals surface area contributed by atoms with E-state index in [0.29, 0.717) is 12.0 Å². The van der Waals surface area contributed by atoms with Crippen molar-refractivity contribution in [2.75, 3.05) is 6.61 Å². The van der Waals surface area contributed by atoms with Gasteiger partial charge in [-0.15, -0.1) is 0 Å². The van der Waals surface area contributed by atoms with E-state index in [0.717, 1.165) is 0 Å². The minimum atomic E-state index is -2.21. The highest BCUT2D eigenvalue weighted by Gasteiger charge is 2.37. The molecule has 0 aromatic heterocycles. The molecule has 1 aromatic rings. The maximum absolute atomic E-state index is 12.7. The van der Waals surface area contributed by atoms with Gasteiger partial charge in [0.25, 0.3) is 5.91 Å². The maximum atomic E-state index is 12.7. The Balaban J connectivity index is 2.92. The monoisotopic (exact) mass is 526 g/mol. The number of benzene rings is 1. The van der Waals surface area contributed by atoms with Crippen LogP contribution < -0.4 is 21.7 Å². The first-order chi connectivity index (χ1) is 17.3. The zero-order valence-electron chi connectivity index (χ0n) is 21.1. The summed E-state index contributed by atoms with van der Waals surface area (Å²) in [5.41, 5.74) is 6.24. The van der Waals surface area contributed by atoms with Gasteiger partial charge in [-0.05, 0) is 24.8 Å². The summed E-state index contributed by atoms with van der Waals surface area (Å²) in [5.74, 6) is -3.69. The van der Waals surface area contributed by atoms with E-state index in [1.54, 1.807) is 30.3 Å². The molecule has 1 aromatic carbocycles. The molecule has 0 radical (unpaired) electrons. The van der Waals surface area contributed by atoms with Crippen molar-refractivity contribution in [2.24, 2.45) is 11.7 Å². The summed E-state index contributed by atoms with van der Waals surface area (Å²) in [5, 5.41) is 56.8. The van der Waals surface area contributed by atoms with Gasteiger partial charge >= 0.3 is 5.97 Å². The summed E-state index contributed by atoms with van der Waals surface area (Å²) >= 11 is 0. The molecule has 10 N–H and O–H groups in total. The molecule has 7 unspecified atom stereocenters. The Kier molecular flexibility index (Phi) is 13.1. The number of amides is 3. The smallest absolute Gasteiger partial charge is 0.325 e. The summed E-state index contributed by atoms with van der Waals surface area (Å²) in [7, 11) is 0. The first-order valence-electron chi connectivity index (χ1n) is 11.9. The van der Waals surface area contributed by atoms with E-state index < -0.39 is 72.8 Å². The zero-order valence-corrected chi connectivity index (χ0v) is 21.1. The van der Waals surface area contributed by atoms with Gasteiger partial charge in [0.05, 0.1) is 31.2 Å². The molecular weight excluding hydrogens is 488 g/mol. The Labute approximate surface area is 215 Å². The molecule has 208 valence electrons. The molecule has 0 saturated carbocycles. The third-order valence-corrected chi connectivity index (χ3v) is 5.60. The summed E-state index contributed by atoms with van der Waals surface area (Å²) in [4.78, 5) is 48.3. The highest BCUT2D eigenvalue weighted by molar-refractivity contribution is 5.85. The Morgan fingerprint density at radius 3 is 2.00 bits per heavy atom. The molecule has 0 aliphatic rings. The largest absolute Gasteiger partial charge is 0.480 e. The molecule has 0 heterocycles. The van der Waals surface area contributed by atoms with E-state index in [-0.39, 0.29) is 12.3 Å². The van der Waals surface area contributed by atoms with E-state index >= 15 is 0 Å². The number of aliphatic hydroxyl groups excluding tert-OH is 4. The zero-order chi connectivity index (χ0) is 28.3. The average Bonchev–Trinajstić information content (AvgIpc) is 2.85. The van der Waals surface area contributed by atoms with Gasteiger partial charge in [-0.2, -0.15) is 0 Å². The lowest BCUT2D eigenvalue weighted by atomic mass is 9.98. The van der Waals surface area contributed by atoms with Crippen molar-refractivity contribution in [2.45, 2.75) is 76.1 Å². The lowest BCUT2D eigenvalue weighted by Crippen LogP contribution is -2.58. The van der Waals surface area contributed by atoms with Crippen molar-refractivity contribution in [1.29, 1.82) is 0 Å². The Hall–Kier alpha value is -3.10. The van der Waals surface area contributed by atoms with Crippen molar-refractivity contribution in [3.63, 3.8) is 0 Å². The quantitative estimate of drug-likeness (QED) is 0.119. The molecule has 13 nitrogen and oxygen atoms in total. The van der Waals surface area contributed by atoms with E-state index in [1.807, 2.05) is 13.8 Å². The number of aliphatic hydroxyl groups is 4. The fourth-order valence-corrected chi connectivity index (χ4v) is 3.47. The second kappa shape index (κ2) is 15.2. The van der Waals surface area contributed by atoms with Gasteiger partial charge in [0.1, 0.15) is 18.2 Å². The summed E-state index contributed by atoms with van der Waals surface area (Å²) < 4.78 is 0. The number of nitrogens with two attached hydrogens (primary N) is 1. The van der Waals surface area contributed by atoms with Crippen molar-refractivity contribution < 1.29 is 44.7 Å². The van der Waals surface area contributed by atoms with Crippen LogP contribution in [0.2, 0.25) is 0 Å². The predicted octanol–water partition coefficient (Wildman–Crippen LogP) is -2.24. The van der Waals surface area contributed by atoms with Gasteiger partial charge in [-0.1, -0.05) is 44.2 Å². The van der Waals surface area contributed by atoms with Gasteiger partial charge in [0.2, 0.25) is 11.8 Å². The van der Waals surface area contributed by atoms with Crippen molar-refractivity contribution in [3.05, 3.63) is 35.9 Å². The fraction of sp³-hybridized carbons (Fsp3) is 0.583. The molecule has 0 fully saturated rings. The minimum absolute atomic E-state index is 0.0985. The number of carbonyl (C=O) groups is 4. The van der Waals surface area contributed by atoms with Crippen LogP contribution >= 0.6 is 0 Å². The van der Waals surface area contributed by atoms with Gasteiger partial charge in [-0.25, -0.2) is 0 Å². The van der Waals surface area contributed by atoms with Crippen molar-refractivity contribution >= 4 is 23.7 Å². The third kappa shape index (κ3) is 10.4. The minimum Gasteiger partial charge on any atom is -0.480 e. The van der Waals surface area contributed by atoms with Gasteiger partial charge in [0, 0.05) is 0 Å². The SMILES string of the molecule is CC(C)CC(N)C(=O)NC(CO)C(O)C(O)C(O)C(=O)NC(CC(=O)NC(C)C(=O)O)c1ccccc1. The van der Waals surface area contributed by atoms with E-state index in [9.17, 15) is 39.6 Å². The number of rotatable bonds is 15. The maximum Gasteiger partial charge on any atom is 0.325 e. The van der Waals surface area contributed by atoms with E-state index in [4.69, 9.17) is 10.8 Å². The number of nitrogens with one attached hydrogen (secondary N) is 3. The average molecular weight is 527 g/mol. The number of carboxylic acid groups (broad SMARTS) is 1. The van der Waals surface area contributed by atoms with Crippen LogP contribution in [0.1, 0.15) is 45.2 Å². The fourth-order valence-electron chi connectivity index (χ4n) is 3.47. The molecular formula is C24H38N4O9. The first kappa shape index (κ1) is 31.9. The second-order valence-corrected chi connectivity index (χ2v) is 9.26. The standard InChI is InChI=1S/C24H38N4O9/c1-12(2)9-15(25)22(34)28-17(11-29)19(31)20(32)21(33)23(35)27-16(14-7-5-4-6-8-14)10-18(30)26-13(3)24(36)37/h4-8,12-13,15-17,19-21,29,31-33H,9-11,25H2,1-3H3,(H,26,30)(H,27,35)(H,28,34)(H,36,37). The normalized spacial score (nSPS) is 17.0. The summed E-state index contributed by atoms with van der Waals surface area (Å²) in [6, 6.07) is 3.59. The van der Waals surface area contributed by atoms with Gasteiger partial charge in [-0.3, -0.25) is 19.2 Å². The lowest BCUT2D eigenvalue weighted by molar-refractivity contribution is -0.145. The number of aliphatic carboxylic acids is 1. The molecule has 0 spiro atoms. The Morgan fingerprint density at radius 1 is 0.892 bits per heavy atom. The molecule has 0 saturated heterocycles. The van der Waals surface area contributed by atoms with Crippen molar-refractivity contribution in [1.82, 2.24) is 16.0 Å². The highest BCUT2D eigenvalue weighted by Crippen LogP contribution is 2.18. The van der Waals surface area contributed by atoms with Crippen LogP contribution in [0.5, 0.6) is 0 Å². The number of carboxylic acids is 1. The number of hydrogen-bond acceptors (Lipinski definition) is 9. The van der Waals surface area contributed by atoms with Crippen LogP contribution in [0.4, 0.5) is 0 Å². The Morgan fingerprint density at radius 2 is 1.49 bits per heavy atom. The molecule has 37 heavy (non-hydrogen) atoms. The van der Waals surface area contributed by atoms with Crippen LogP contribution in [0.15, 0.2) is 30.3 Å². The van der Waals surface area contributed by atoms with Crippen LogP contribution in [-0.4, -0.2) is 92.3 Å². The third-order valence-electron chi connectivity index (χ3n) is 5.60.